The lowest BCUT2D eigenvalue weighted by Gasteiger charge is -2.16. The maximum atomic E-state index is 12.8. The standard InChI is InChI=1S/C34H26O7/c1-3-21-6-13-32(41-34(39)23-8-10-25(36)11-9-23)27(16-21)20(2)26-18-28(30(38)19-29(26)37)33-17-24-15-22(5-4-14-35)7-12-31(24)40-33/h3-13,15-19,35-38H,1-2,14H2/b5-4+. The first kappa shape index (κ1) is 27.1. The van der Waals surface area contributed by atoms with Crippen LogP contribution in [0.15, 0.2) is 103 Å². The summed E-state index contributed by atoms with van der Waals surface area (Å²) >= 11 is 0. The van der Waals surface area contributed by atoms with Crippen LogP contribution in [0.3, 0.4) is 0 Å². The zero-order valence-electron chi connectivity index (χ0n) is 21.9. The predicted octanol–water partition coefficient (Wildman–Crippen LogP) is 7.15. The minimum absolute atomic E-state index is 0.0213. The quantitative estimate of drug-likeness (QED) is 0.121. The number of furan rings is 1. The predicted molar refractivity (Wildman–Crippen MR) is 159 cm³/mol. The molecule has 0 saturated carbocycles. The molecule has 4 aromatic carbocycles. The van der Waals surface area contributed by atoms with Crippen LogP contribution in [0.2, 0.25) is 0 Å². The van der Waals surface area contributed by atoms with E-state index in [1.54, 1.807) is 54.6 Å². The van der Waals surface area contributed by atoms with Gasteiger partial charge < -0.3 is 29.6 Å². The number of carbonyl (C=O) groups excluding carboxylic acids is 1. The highest BCUT2D eigenvalue weighted by Crippen LogP contribution is 2.42. The summed E-state index contributed by atoms with van der Waals surface area (Å²) in [6.45, 7) is 7.90. The fourth-order valence-corrected chi connectivity index (χ4v) is 4.40. The Morgan fingerprint density at radius 2 is 1.61 bits per heavy atom. The van der Waals surface area contributed by atoms with Crippen molar-refractivity contribution in [1.29, 1.82) is 0 Å². The molecule has 7 heteroatoms. The number of benzene rings is 4. The summed E-state index contributed by atoms with van der Waals surface area (Å²) in [5.74, 6) is -0.487. The Morgan fingerprint density at radius 3 is 2.34 bits per heavy atom. The first-order chi connectivity index (χ1) is 19.8. The van der Waals surface area contributed by atoms with E-state index in [9.17, 15) is 20.1 Å². The average molecular weight is 547 g/mol. The van der Waals surface area contributed by atoms with Crippen LogP contribution in [0.1, 0.15) is 32.6 Å². The molecule has 0 aliphatic heterocycles. The minimum Gasteiger partial charge on any atom is -0.508 e. The topological polar surface area (TPSA) is 120 Å². The maximum Gasteiger partial charge on any atom is 0.343 e. The summed E-state index contributed by atoms with van der Waals surface area (Å²) in [7, 11) is 0. The Morgan fingerprint density at radius 1 is 0.854 bits per heavy atom. The number of aliphatic hydroxyl groups excluding tert-OH is 1. The second-order valence-corrected chi connectivity index (χ2v) is 9.25. The Balaban J connectivity index is 1.54. The van der Waals surface area contributed by atoms with Gasteiger partial charge in [-0.1, -0.05) is 43.5 Å². The molecule has 0 saturated heterocycles. The summed E-state index contributed by atoms with van der Waals surface area (Å²) in [4.78, 5) is 12.8. The van der Waals surface area contributed by atoms with Crippen LogP contribution < -0.4 is 4.74 Å². The Hall–Kier alpha value is -5.53. The molecule has 41 heavy (non-hydrogen) atoms. The number of esters is 1. The number of aromatic hydroxyl groups is 3. The van der Waals surface area contributed by atoms with Gasteiger partial charge in [0.2, 0.25) is 0 Å². The van der Waals surface area contributed by atoms with Crippen molar-refractivity contribution in [2.45, 2.75) is 0 Å². The van der Waals surface area contributed by atoms with Crippen molar-refractivity contribution in [2.75, 3.05) is 6.61 Å². The normalized spacial score (nSPS) is 11.1. The minimum atomic E-state index is -0.642. The molecule has 0 radical (unpaired) electrons. The van der Waals surface area contributed by atoms with Gasteiger partial charge in [-0.3, -0.25) is 0 Å². The van der Waals surface area contributed by atoms with E-state index in [1.165, 1.54) is 30.3 Å². The van der Waals surface area contributed by atoms with Gasteiger partial charge in [0.1, 0.15) is 34.3 Å². The second-order valence-electron chi connectivity index (χ2n) is 9.25. The second kappa shape index (κ2) is 11.3. The lowest BCUT2D eigenvalue weighted by molar-refractivity contribution is 0.0734. The smallest absolute Gasteiger partial charge is 0.343 e. The molecule has 0 amide bonds. The molecule has 0 bridgehead atoms. The maximum absolute atomic E-state index is 12.8. The van der Waals surface area contributed by atoms with Crippen molar-refractivity contribution in [3.63, 3.8) is 0 Å². The molecular formula is C34H26O7. The van der Waals surface area contributed by atoms with Gasteiger partial charge in [0.05, 0.1) is 17.7 Å². The molecule has 1 aromatic heterocycles. The van der Waals surface area contributed by atoms with Crippen molar-refractivity contribution >= 4 is 34.7 Å². The third-order valence-corrected chi connectivity index (χ3v) is 6.53. The van der Waals surface area contributed by atoms with E-state index in [0.29, 0.717) is 28.0 Å². The molecule has 5 rings (SSSR count). The number of phenols is 3. The van der Waals surface area contributed by atoms with Crippen molar-refractivity contribution in [3.05, 3.63) is 126 Å². The van der Waals surface area contributed by atoms with Crippen LogP contribution >= 0.6 is 0 Å². The van der Waals surface area contributed by atoms with Crippen LogP contribution in [0.5, 0.6) is 23.0 Å². The molecule has 204 valence electrons. The monoisotopic (exact) mass is 546 g/mol. The van der Waals surface area contributed by atoms with Crippen LogP contribution in [-0.2, 0) is 0 Å². The number of ether oxygens (including phenoxy) is 1. The highest BCUT2D eigenvalue weighted by atomic mass is 16.5. The third-order valence-electron chi connectivity index (χ3n) is 6.53. The highest BCUT2D eigenvalue weighted by Gasteiger charge is 2.20. The highest BCUT2D eigenvalue weighted by molar-refractivity contribution is 5.94. The van der Waals surface area contributed by atoms with Gasteiger partial charge in [0, 0.05) is 22.6 Å². The van der Waals surface area contributed by atoms with E-state index in [0.717, 1.165) is 16.5 Å². The van der Waals surface area contributed by atoms with E-state index in [4.69, 9.17) is 14.3 Å². The van der Waals surface area contributed by atoms with Crippen LogP contribution in [0.4, 0.5) is 0 Å². The van der Waals surface area contributed by atoms with E-state index >= 15 is 0 Å². The van der Waals surface area contributed by atoms with E-state index in [2.05, 4.69) is 13.2 Å². The van der Waals surface area contributed by atoms with Gasteiger partial charge in [-0.2, -0.15) is 0 Å². The Bertz CT molecular complexity index is 1820. The average Bonchev–Trinajstić information content (AvgIpc) is 3.39. The molecule has 0 atom stereocenters. The molecule has 0 aliphatic rings. The molecule has 1 heterocycles. The molecule has 7 nitrogen and oxygen atoms in total. The fraction of sp³-hybridized carbons (Fsp3) is 0.0294. The molecule has 0 spiro atoms. The Labute approximate surface area is 235 Å². The zero-order chi connectivity index (χ0) is 29.1. The number of phenolic OH excluding ortho intramolecular Hbond substituents is 3. The molecule has 0 unspecified atom stereocenters. The number of carbonyl (C=O) groups is 1. The number of aliphatic hydroxyl groups is 1. The van der Waals surface area contributed by atoms with Gasteiger partial charge in [-0.15, -0.1) is 0 Å². The summed E-state index contributed by atoms with van der Waals surface area (Å²) in [6.07, 6.45) is 5.04. The molecule has 4 N–H and O–H groups in total. The summed E-state index contributed by atoms with van der Waals surface area (Å²) in [5, 5.41) is 40.9. The number of fused-ring (bicyclic) bond motifs is 1. The largest absolute Gasteiger partial charge is 0.508 e. The van der Waals surface area contributed by atoms with Gasteiger partial charge in [-0.25, -0.2) is 4.79 Å². The van der Waals surface area contributed by atoms with Gasteiger partial charge in [0.25, 0.3) is 0 Å². The molecule has 5 aromatic rings. The summed E-state index contributed by atoms with van der Waals surface area (Å²) < 4.78 is 11.7. The van der Waals surface area contributed by atoms with Crippen molar-refractivity contribution in [1.82, 2.24) is 0 Å². The van der Waals surface area contributed by atoms with Gasteiger partial charge >= 0.3 is 5.97 Å². The number of rotatable bonds is 8. The lowest BCUT2D eigenvalue weighted by atomic mass is 9.94. The van der Waals surface area contributed by atoms with Crippen molar-refractivity contribution in [2.24, 2.45) is 0 Å². The Kier molecular flexibility index (Phi) is 7.45. The van der Waals surface area contributed by atoms with Crippen molar-refractivity contribution < 1.29 is 34.4 Å². The van der Waals surface area contributed by atoms with Crippen molar-refractivity contribution in [3.8, 4) is 34.3 Å². The van der Waals surface area contributed by atoms with Crippen LogP contribution in [-0.4, -0.2) is 33.0 Å². The SMILES string of the molecule is C=Cc1ccc(OC(=O)c2ccc(O)cc2)c(C(=C)c2cc(-c3cc4cc(/C=C/CO)ccc4o3)c(O)cc2O)c1. The fourth-order valence-electron chi connectivity index (χ4n) is 4.40. The lowest BCUT2D eigenvalue weighted by Crippen LogP contribution is -2.09. The molecule has 0 fully saturated rings. The van der Waals surface area contributed by atoms with Gasteiger partial charge in [0.15, 0.2) is 0 Å². The molecular weight excluding hydrogens is 520 g/mol. The zero-order valence-corrected chi connectivity index (χ0v) is 21.9. The van der Waals surface area contributed by atoms with Crippen LogP contribution in [0.25, 0.3) is 40.0 Å². The third kappa shape index (κ3) is 5.61. The van der Waals surface area contributed by atoms with Crippen LogP contribution in [0, 0.1) is 0 Å². The van der Waals surface area contributed by atoms with E-state index in [1.807, 2.05) is 12.1 Å². The first-order valence-corrected chi connectivity index (χ1v) is 12.6. The number of hydrogen-bond donors (Lipinski definition) is 4. The van der Waals surface area contributed by atoms with E-state index < -0.39 is 5.97 Å². The summed E-state index contributed by atoms with van der Waals surface area (Å²) in [5.41, 5.74) is 3.79. The molecule has 0 aliphatic carbocycles. The van der Waals surface area contributed by atoms with E-state index in [-0.39, 0.29) is 40.7 Å². The first-order valence-electron chi connectivity index (χ1n) is 12.6. The summed E-state index contributed by atoms with van der Waals surface area (Å²) in [6, 6.07) is 20.8. The number of hydrogen-bond acceptors (Lipinski definition) is 7. The van der Waals surface area contributed by atoms with Gasteiger partial charge in [-0.05, 0) is 77.4 Å².